The van der Waals surface area contributed by atoms with E-state index in [2.05, 4.69) is 40.2 Å². The summed E-state index contributed by atoms with van der Waals surface area (Å²) < 4.78 is 7.01. The summed E-state index contributed by atoms with van der Waals surface area (Å²) in [5.41, 5.74) is 2.82. The molecule has 0 amide bonds. The van der Waals surface area contributed by atoms with Crippen LogP contribution in [0.15, 0.2) is 53.0 Å². The quantitative estimate of drug-likeness (QED) is 0.700. The van der Waals surface area contributed by atoms with Crippen molar-refractivity contribution in [2.45, 2.75) is 38.2 Å². The van der Waals surface area contributed by atoms with Gasteiger partial charge < -0.3 is 4.74 Å². The normalized spacial score (nSPS) is 15.4. The Hall–Kier alpha value is -1.28. The Morgan fingerprint density at radius 1 is 0.950 bits per heavy atom. The van der Waals surface area contributed by atoms with Gasteiger partial charge in [0.2, 0.25) is 0 Å². The molecule has 0 heterocycles. The first-order valence-electron chi connectivity index (χ1n) is 7.29. The van der Waals surface area contributed by atoms with Gasteiger partial charge in [-0.3, -0.25) is 0 Å². The van der Waals surface area contributed by atoms with Gasteiger partial charge in [0, 0.05) is 4.47 Å². The molecule has 104 valence electrons. The highest BCUT2D eigenvalue weighted by Crippen LogP contribution is 2.36. The van der Waals surface area contributed by atoms with Crippen molar-refractivity contribution in [2.75, 3.05) is 0 Å². The number of benzene rings is 2. The molecule has 0 unspecified atom stereocenters. The van der Waals surface area contributed by atoms with E-state index in [-0.39, 0.29) is 0 Å². The second-order valence-corrected chi connectivity index (χ2v) is 6.34. The molecule has 2 aromatic carbocycles. The molecule has 0 bridgehead atoms. The smallest absolute Gasteiger partial charge is 0.119 e. The van der Waals surface area contributed by atoms with E-state index in [1.54, 1.807) is 0 Å². The maximum atomic E-state index is 5.93. The van der Waals surface area contributed by atoms with Crippen molar-refractivity contribution in [3.05, 3.63) is 64.1 Å². The van der Waals surface area contributed by atoms with Crippen LogP contribution in [0, 0.1) is 0 Å². The summed E-state index contributed by atoms with van der Waals surface area (Å²) in [7, 11) is 0. The fourth-order valence-electron chi connectivity index (χ4n) is 2.99. The van der Waals surface area contributed by atoms with Crippen molar-refractivity contribution in [1.29, 1.82) is 0 Å². The highest BCUT2D eigenvalue weighted by Gasteiger charge is 2.19. The summed E-state index contributed by atoms with van der Waals surface area (Å²) in [6, 6.07) is 16.8. The Bertz CT molecular complexity index is 556. The van der Waals surface area contributed by atoms with Gasteiger partial charge in [-0.15, -0.1) is 0 Å². The van der Waals surface area contributed by atoms with E-state index < -0.39 is 0 Å². The zero-order valence-corrected chi connectivity index (χ0v) is 13.1. The summed E-state index contributed by atoms with van der Waals surface area (Å²) in [6.45, 7) is 0.661. The standard InChI is InChI=1S/C18H19BrO/c19-16-9-11-17(12-10-16)20-13-15-7-3-4-8-18(15)14-5-1-2-6-14/h3-4,7-12,14H,1-2,5-6,13H2. The Labute approximate surface area is 129 Å². The topological polar surface area (TPSA) is 9.23 Å². The van der Waals surface area contributed by atoms with Crippen LogP contribution < -0.4 is 4.74 Å². The van der Waals surface area contributed by atoms with Crippen LogP contribution in [0.5, 0.6) is 5.75 Å². The van der Waals surface area contributed by atoms with Crippen LogP contribution in [0.2, 0.25) is 0 Å². The molecule has 1 aliphatic carbocycles. The minimum Gasteiger partial charge on any atom is -0.489 e. The predicted molar refractivity (Wildman–Crippen MR) is 86.1 cm³/mol. The summed E-state index contributed by atoms with van der Waals surface area (Å²) in [5.74, 6) is 1.66. The second kappa shape index (κ2) is 6.45. The molecule has 3 rings (SSSR count). The molecule has 2 aromatic rings. The number of halogens is 1. The minimum absolute atomic E-state index is 0.661. The van der Waals surface area contributed by atoms with Crippen LogP contribution in [-0.2, 0) is 6.61 Å². The van der Waals surface area contributed by atoms with Gasteiger partial charge in [-0.25, -0.2) is 0 Å². The first-order valence-corrected chi connectivity index (χ1v) is 8.08. The summed E-state index contributed by atoms with van der Waals surface area (Å²) >= 11 is 3.44. The molecule has 0 saturated heterocycles. The highest BCUT2D eigenvalue weighted by atomic mass is 79.9. The summed E-state index contributed by atoms with van der Waals surface area (Å²) in [6.07, 6.45) is 5.39. The van der Waals surface area contributed by atoms with E-state index in [4.69, 9.17) is 4.74 Å². The van der Waals surface area contributed by atoms with Gasteiger partial charge >= 0.3 is 0 Å². The van der Waals surface area contributed by atoms with Crippen LogP contribution in [-0.4, -0.2) is 0 Å². The molecule has 0 radical (unpaired) electrons. The van der Waals surface area contributed by atoms with E-state index in [1.165, 1.54) is 36.8 Å². The second-order valence-electron chi connectivity index (χ2n) is 5.42. The molecule has 0 spiro atoms. The van der Waals surface area contributed by atoms with Crippen LogP contribution in [0.25, 0.3) is 0 Å². The van der Waals surface area contributed by atoms with E-state index in [0.717, 1.165) is 16.1 Å². The van der Waals surface area contributed by atoms with Crippen LogP contribution in [0.1, 0.15) is 42.7 Å². The lowest BCUT2D eigenvalue weighted by Crippen LogP contribution is -2.03. The number of ether oxygens (including phenoxy) is 1. The lowest BCUT2D eigenvalue weighted by atomic mass is 9.93. The molecule has 0 aromatic heterocycles. The van der Waals surface area contributed by atoms with E-state index in [9.17, 15) is 0 Å². The van der Waals surface area contributed by atoms with Gasteiger partial charge in [0.25, 0.3) is 0 Å². The lowest BCUT2D eigenvalue weighted by Gasteiger charge is -2.16. The van der Waals surface area contributed by atoms with Gasteiger partial charge in [-0.05, 0) is 54.2 Å². The molecular weight excluding hydrogens is 312 g/mol. The zero-order valence-electron chi connectivity index (χ0n) is 11.5. The van der Waals surface area contributed by atoms with Gasteiger partial charge in [0.1, 0.15) is 12.4 Å². The third-order valence-corrected chi connectivity index (χ3v) is 4.59. The van der Waals surface area contributed by atoms with E-state index in [0.29, 0.717) is 6.61 Å². The van der Waals surface area contributed by atoms with Crippen LogP contribution >= 0.6 is 15.9 Å². The molecule has 20 heavy (non-hydrogen) atoms. The third-order valence-electron chi connectivity index (χ3n) is 4.06. The fourth-order valence-corrected chi connectivity index (χ4v) is 3.26. The maximum absolute atomic E-state index is 5.93. The average molecular weight is 331 g/mol. The number of rotatable bonds is 4. The predicted octanol–water partition coefficient (Wildman–Crippen LogP) is 5.69. The Morgan fingerprint density at radius 3 is 2.40 bits per heavy atom. The largest absolute Gasteiger partial charge is 0.489 e. The number of hydrogen-bond donors (Lipinski definition) is 0. The molecule has 0 N–H and O–H groups in total. The van der Waals surface area contributed by atoms with Gasteiger partial charge in [-0.1, -0.05) is 53.0 Å². The van der Waals surface area contributed by atoms with Gasteiger partial charge in [0.15, 0.2) is 0 Å². The van der Waals surface area contributed by atoms with E-state index >= 15 is 0 Å². The molecule has 0 atom stereocenters. The average Bonchev–Trinajstić information content (AvgIpc) is 3.01. The highest BCUT2D eigenvalue weighted by molar-refractivity contribution is 9.10. The zero-order chi connectivity index (χ0) is 13.8. The molecule has 0 aliphatic heterocycles. The Kier molecular flexibility index (Phi) is 4.41. The van der Waals surface area contributed by atoms with Crippen molar-refractivity contribution < 1.29 is 4.74 Å². The summed E-state index contributed by atoms with van der Waals surface area (Å²) in [5, 5.41) is 0. The third kappa shape index (κ3) is 3.24. The van der Waals surface area contributed by atoms with Gasteiger partial charge in [-0.2, -0.15) is 0 Å². The SMILES string of the molecule is Brc1ccc(OCc2ccccc2C2CCCC2)cc1. The fraction of sp³-hybridized carbons (Fsp3) is 0.333. The first kappa shape index (κ1) is 13.7. The molecular formula is C18H19BrO. The van der Waals surface area contributed by atoms with Crippen LogP contribution in [0.3, 0.4) is 0 Å². The van der Waals surface area contributed by atoms with Crippen molar-refractivity contribution in [3.63, 3.8) is 0 Å². The molecule has 1 fully saturated rings. The lowest BCUT2D eigenvalue weighted by molar-refractivity contribution is 0.304. The van der Waals surface area contributed by atoms with Crippen molar-refractivity contribution in [3.8, 4) is 5.75 Å². The molecule has 1 saturated carbocycles. The van der Waals surface area contributed by atoms with Crippen molar-refractivity contribution in [2.24, 2.45) is 0 Å². The molecule has 2 heteroatoms. The minimum atomic E-state index is 0.661. The first-order chi connectivity index (χ1) is 9.83. The van der Waals surface area contributed by atoms with Crippen LogP contribution in [0.4, 0.5) is 0 Å². The van der Waals surface area contributed by atoms with Crippen molar-refractivity contribution in [1.82, 2.24) is 0 Å². The molecule has 1 aliphatic rings. The number of hydrogen-bond acceptors (Lipinski definition) is 1. The monoisotopic (exact) mass is 330 g/mol. The Balaban J connectivity index is 1.72. The van der Waals surface area contributed by atoms with Crippen molar-refractivity contribution >= 4 is 15.9 Å². The van der Waals surface area contributed by atoms with Gasteiger partial charge in [0.05, 0.1) is 0 Å². The molecule has 1 nitrogen and oxygen atoms in total. The maximum Gasteiger partial charge on any atom is 0.119 e. The Morgan fingerprint density at radius 2 is 1.65 bits per heavy atom. The summed E-state index contributed by atoms with van der Waals surface area (Å²) in [4.78, 5) is 0. The van der Waals surface area contributed by atoms with E-state index in [1.807, 2.05) is 24.3 Å².